The van der Waals surface area contributed by atoms with Crippen molar-refractivity contribution in [1.82, 2.24) is 9.97 Å². The van der Waals surface area contributed by atoms with E-state index in [4.69, 9.17) is 10.5 Å². The smallest absolute Gasteiger partial charge is 0.228 e. The molecule has 0 aliphatic heterocycles. The summed E-state index contributed by atoms with van der Waals surface area (Å²) < 4.78 is 5.08. The lowest BCUT2D eigenvalue weighted by atomic mass is 10.2. The Hall–Kier alpha value is -2.30. The lowest BCUT2D eigenvalue weighted by Crippen LogP contribution is -2.19. The number of aromatic nitrogens is 2. The fourth-order valence-corrected chi connectivity index (χ4v) is 1.60. The van der Waals surface area contributed by atoms with Gasteiger partial charge in [-0.05, 0) is 17.7 Å². The third-order valence-corrected chi connectivity index (χ3v) is 2.57. The SMILES string of the molecule is COc1ccnc(N(C)Cc2ccc(N)cc2)n1. The van der Waals surface area contributed by atoms with Crippen LogP contribution in [0.4, 0.5) is 11.6 Å². The summed E-state index contributed by atoms with van der Waals surface area (Å²) in [6.07, 6.45) is 1.68. The molecule has 2 N–H and O–H groups in total. The van der Waals surface area contributed by atoms with Gasteiger partial charge >= 0.3 is 0 Å². The summed E-state index contributed by atoms with van der Waals surface area (Å²) >= 11 is 0. The van der Waals surface area contributed by atoms with Crippen molar-refractivity contribution in [3.05, 3.63) is 42.1 Å². The summed E-state index contributed by atoms with van der Waals surface area (Å²) in [6, 6.07) is 9.48. The molecule has 0 aliphatic carbocycles. The molecule has 0 amide bonds. The van der Waals surface area contributed by atoms with Crippen molar-refractivity contribution < 1.29 is 4.74 Å². The predicted octanol–water partition coefficient (Wildman–Crippen LogP) is 1.70. The highest BCUT2D eigenvalue weighted by Crippen LogP contribution is 2.14. The molecule has 1 aromatic heterocycles. The van der Waals surface area contributed by atoms with Gasteiger partial charge in [-0.25, -0.2) is 4.98 Å². The van der Waals surface area contributed by atoms with Gasteiger partial charge in [-0.2, -0.15) is 4.98 Å². The molecule has 5 nitrogen and oxygen atoms in total. The van der Waals surface area contributed by atoms with Gasteiger partial charge in [0, 0.05) is 31.5 Å². The van der Waals surface area contributed by atoms with E-state index in [1.807, 2.05) is 36.2 Å². The summed E-state index contributed by atoms with van der Waals surface area (Å²) in [5.41, 5.74) is 7.57. The van der Waals surface area contributed by atoms with E-state index < -0.39 is 0 Å². The van der Waals surface area contributed by atoms with Crippen LogP contribution in [0.2, 0.25) is 0 Å². The number of nitrogen functional groups attached to an aromatic ring is 1. The van der Waals surface area contributed by atoms with Crippen molar-refractivity contribution in [3.63, 3.8) is 0 Å². The van der Waals surface area contributed by atoms with E-state index in [0.717, 1.165) is 11.3 Å². The van der Waals surface area contributed by atoms with E-state index in [2.05, 4.69) is 9.97 Å². The van der Waals surface area contributed by atoms with Crippen LogP contribution in [0.1, 0.15) is 5.56 Å². The molecule has 1 heterocycles. The monoisotopic (exact) mass is 244 g/mol. The average Bonchev–Trinajstić information content (AvgIpc) is 2.41. The highest BCUT2D eigenvalue weighted by atomic mass is 16.5. The van der Waals surface area contributed by atoms with Gasteiger partial charge < -0.3 is 15.4 Å². The number of rotatable bonds is 4. The van der Waals surface area contributed by atoms with Crippen LogP contribution in [0, 0.1) is 0 Å². The molecule has 0 unspecified atom stereocenters. The van der Waals surface area contributed by atoms with Crippen molar-refractivity contribution in [2.45, 2.75) is 6.54 Å². The minimum Gasteiger partial charge on any atom is -0.481 e. The molecular formula is C13H16N4O. The maximum Gasteiger partial charge on any atom is 0.228 e. The van der Waals surface area contributed by atoms with E-state index >= 15 is 0 Å². The topological polar surface area (TPSA) is 64.3 Å². The molecule has 0 atom stereocenters. The largest absolute Gasteiger partial charge is 0.481 e. The number of ether oxygens (including phenoxy) is 1. The van der Waals surface area contributed by atoms with Crippen LogP contribution < -0.4 is 15.4 Å². The van der Waals surface area contributed by atoms with Gasteiger partial charge in [-0.15, -0.1) is 0 Å². The molecule has 0 radical (unpaired) electrons. The van der Waals surface area contributed by atoms with Crippen LogP contribution in [0.3, 0.4) is 0 Å². The summed E-state index contributed by atoms with van der Waals surface area (Å²) in [5, 5.41) is 0. The van der Waals surface area contributed by atoms with Gasteiger partial charge in [0.25, 0.3) is 0 Å². The third-order valence-electron chi connectivity index (χ3n) is 2.57. The van der Waals surface area contributed by atoms with Gasteiger partial charge in [0.15, 0.2) is 0 Å². The Morgan fingerprint density at radius 3 is 2.61 bits per heavy atom. The minimum absolute atomic E-state index is 0.559. The van der Waals surface area contributed by atoms with Crippen LogP contribution in [0.15, 0.2) is 36.5 Å². The van der Waals surface area contributed by atoms with Gasteiger partial charge in [0.1, 0.15) is 0 Å². The Bertz CT molecular complexity index is 513. The zero-order valence-electron chi connectivity index (χ0n) is 10.5. The minimum atomic E-state index is 0.559. The van der Waals surface area contributed by atoms with E-state index in [-0.39, 0.29) is 0 Å². The zero-order valence-corrected chi connectivity index (χ0v) is 10.5. The molecule has 1 aromatic carbocycles. The molecule has 0 bridgehead atoms. The number of benzene rings is 1. The molecule has 18 heavy (non-hydrogen) atoms. The first kappa shape index (κ1) is 12.2. The van der Waals surface area contributed by atoms with E-state index in [0.29, 0.717) is 18.4 Å². The van der Waals surface area contributed by atoms with Crippen molar-refractivity contribution in [2.24, 2.45) is 0 Å². The van der Waals surface area contributed by atoms with Crippen molar-refractivity contribution >= 4 is 11.6 Å². The number of hydrogen-bond donors (Lipinski definition) is 1. The molecule has 5 heteroatoms. The number of methoxy groups -OCH3 is 1. The van der Waals surface area contributed by atoms with E-state index in [9.17, 15) is 0 Å². The highest BCUT2D eigenvalue weighted by Gasteiger charge is 2.06. The van der Waals surface area contributed by atoms with Crippen molar-refractivity contribution in [1.29, 1.82) is 0 Å². The van der Waals surface area contributed by atoms with Crippen LogP contribution in [-0.2, 0) is 6.54 Å². The molecule has 2 rings (SSSR count). The van der Waals surface area contributed by atoms with Crippen LogP contribution in [0.5, 0.6) is 5.88 Å². The normalized spacial score (nSPS) is 10.1. The fraction of sp³-hybridized carbons (Fsp3) is 0.231. The summed E-state index contributed by atoms with van der Waals surface area (Å²) in [7, 11) is 3.53. The molecule has 0 fully saturated rings. The zero-order chi connectivity index (χ0) is 13.0. The summed E-state index contributed by atoms with van der Waals surface area (Å²) in [6.45, 7) is 0.716. The van der Waals surface area contributed by atoms with Crippen LogP contribution >= 0.6 is 0 Å². The first-order valence-electron chi connectivity index (χ1n) is 5.61. The van der Waals surface area contributed by atoms with Crippen LogP contribution in [-0.4, -0.2) is 24.1 Å². The highest BCUT2D eigenvalue weighted by molar-refractivity contribution is 5.41. The molecule has 0 saturated carbocycles. The maximum absolute atomic E-state index is 5.65. The Morgan fingerprint density at radius 1 is 1.22 bits per heavy atom. The number of anilines is 2. The lowest BCUT2D eigenvalue weighted by Gasteiger charge is -2.17. The summed E-state index contributed by atoms with van der Waals surface area (Å²) in [5.74, 6) is 1.19. The Morgan fingerprint density at radius 2 is 1.94 bits per heavy atom. The Labute approximate surface area is 106 Å². The number of nitrogens with zero attached hydrogens (tertiary/aromatic N) is 3. The maximum atomic E-state index is 5.65. The Balaban J connectivity index is 2.11. The van der Waals surface area contributed by atoms with Crippen molar-refractivity contribution in [2.75, 3.05) is 24.8 Å². The third kappa shape index (κ3) is 2.88. The molecule has 0 aliphatic rings. The van der Waals surface area contributed by atoms with E-state index in [1.54, 1.807) is 19.4 Å². The first-order chi connectivity index (χ1) is 8.69. The van der Waals surface area contributed by atoms with Gasteiger partial charge in [-0.3, -0.25) is 0 Å². The quantitative estimate of drug-likeness (QED) is 0.829. The second-order valence-electron chi connectivity index (χ2n) is 4.00. The predicted molar refractivity (Wildman–Crippen MR) is 71.5 cm³/mol. The van der Waals surface area contributed by atoms with E-state index in [1.165, 1.54) is 0 Å². The lowest BCUT2D eigenvalue weighted by molar-refractivity contribution is 0.397. The first-order valence-corrected chi connectivity index (χ1v) is 5.61. The number of hydrogen-bond acceptors (Lipinski definition) is 5. The standard InChI is InChI=1S/C13H16N4O/c1-17(9-10-3-5-11(14)6-4-10)13-15-8-7-12(16-13)18-2/h3-8H,9,14H2,1-2H3. The van der Waals surface area contributed by atoms with Gasteiger partial charge in [0.2, 0.25) is 11.8 Å². The van der Waals surface area contributed by atoms with Crippen LogP contribution in [0.25, 0.3) is 0 Å². The van der Waals surface area contributed by atoms with Gasteiger partial charge in [-0.1, -0.05) is 12.1 Å². The second kappa shape index (κ2) is 5.35. The summed E-state index contributed by atoms with van der Waals surface area (Å²) in [4.78, 5) is 10.4. The fourth-order valence-electron chi connectivity index (χ4n) is 1.60. The molecule has 94 valence electrons. The molecule has 0 saturated heterocycles. The van der Waals surface area contributed by atoms with Crippen molar-refractivity contribution in [3.8, 4) is 5.88 Å². The molecule has 0 spiro atoms. The average molecular weight is 244 g/mol. The Kier molecular flexibility index (Phi) is 3.62. The molecular weight excluding hydrogens is 228 g/mol. The second-order valence-corrected chi connectivity index (χ2v) is 4.00. The molecule has 2 aromatic rings. The van der Waals surface area contributed by atoms with Gasteiger partial charge in [0.05, 0.1) is 7.11 Å². The number of nitrogens with two attached hydrogens (primary N) is 1.